The Morgan fingerprint density at radius 3 is 2.42 bits per heavy atom. The molecule has 100 valence electrons. The van der Waals surface area contributed by atoms with Gasteiger partial charge in [0.15, 0.2) is 0 Å². The zero-order chi connectivity index (χ0) is 13.7. The smallest absolute Gasteiger partial charge is 0.332 e. The van der Waals surface area contributed by atoms with E-state index < -0.39 is 5.54 Å². The molecular formula is C15H17NO3. The van der Waals surface area contributed by atoms with Crippen molar-refractivity contribution in [2.24, 2.45) is 0 Å². The Balaban J connectivity index is 2.14. The summed E-state index contributed by atoms with van der Waals surface area (Å²) in [4.78, 5) is 24.2. The number of amides is 1. The Bertz CT molecular complexity index is 485. The maximum Gasteiger partial charge on any atom is 0.332 e. The number of esters is 1. The summed E-state index contributed by atoms with van der Waals surface area (Å²) in [7, 11) is 0. The molecule has 0 heterocycles. The van der Waals surface area contributed by atoms with Crippen molar-refractivity contribution in [3.05, 3.63) is 48.0 Å². The minimum atomic E-state index is -0.942. The molecule has 0 saturated carbocycles. The summed E-state index contributed by atoms with van der Waals surface area (Å²) < 4.78 is 5.07. The number of hydrogen-bond donors (Lipinski definition) is 1. The molecule has 0 bridgehead atoms. The normalized spacial score (nSPS) is 16.1. The van der Waals surface area contributed by atoms with Crippen LogP contribution in [0, 0.1) is 0 Å². The van der Waals surface area contributed by atoms with Crippen LogP contribution < -0.4 is 5.32 Å². The van der Waals surface area contributed by atoms with Gasteiger partial charge in [0, 0.05) is 5.56 Å². The molecular weight excluding hydrogens is 242 g/mol. The van der Waals surface area contributed by atoms with Crippen molar-refractivity contribution in [2.45, 2.75) is 25.3 Å². The van der Waals surface area contributed by atoms with E-state index in [1.807, 2.05) is 18.2 Å². The van der Waals surface area contributed by atoms with Gasteiger partial charge in [0.1, 0.15) is 5.54 Å². The van der Waals surface area contributed by atoms with Crippen LogP contribution in [-0.4, -0.2) is 24.0 Å². The van der Waals surface area contributed by atoms with E-state index in [0.717, 1.165) is 0 Å². The van der Waals surface area contributed by atoms with E-state index in [-0.39, 0.29) is 11.9 Å². The zero-order valence-electron chi connectivity index (χ0n) is 10.9. The van der Waals surface area contributed by atoms with Gasteiger partial charge < -0.3 is 10.1 Å². The molecule has 4 heteroatoms. The van der Waals surface area contributed by atoms with Gasteiger partial charge in [-0.25, -0.2) is 4.79 Å². The van der Waals surface area contributed by atoms with Crippen LogP contribution in [0.5, 0.6) is 0 Å². The van der Waals surface area contributed by atoms with Gasteiger partial charge in [-0.05, 0) is 31.9 Å². The molecule has 1 amide bonds. The first-order valence-corrected chi connectivity index (χ1v) is 6.38. The Labute approximate surface area is 112 Å². The third-order valence-corrected chi connectivity index (χ3v) is 3.15. The van der Waals surface area contributed by atoms with Crippen LogP contribution in [0.3, 0.4) is 0 Å². The van der Waals surface area contributed by atoms with Crippen molar-refractivity contribution in [2.75, 3.05) is 6.61 Å². The second-order valence-electron chi connectivity index (χ2n) is 4.50. The SMILES string of the molecule is CCOC(=O)C1(NC(=O)c2ccccc2)CC=CC1. The minimum Gasteiger partial charge on any atom is -0.464 e. The number of ether oxygens (including phenoxy) is 1. The van der Waals surface area contributed by atoms with Gasteiger partial charge in [-0.3, -0.25) is 4.79 Å². The van der Waals surface area contributed by atoms with Gasteiger partial charge in [0.2, 0.25) is 0 Å². The van der Waals surface area contributed by atoms with Crippen LogP contribution in [0.4, 0.5) is 0 Å². The highest BCUT2D eigenvalue weighted by atomic mass is 16.5. The molecule has 2 rings (SSSR count). The lowest BCUT2D eigenvalue weighted by Gasteiger charge is -2.27. The first kappa shape index (κ1) is 13.3. The van der Waals surface area contributed by atoms with Gasteiger partial charge in [-0.15, -0.1) is 0 Å². The fourth-order valence-corrected chi connectivity index (χ4v) is 2.12. The molecule has 0 unspecified atom stereocenters. The highest BCUT2D eigenvalue weighted by molar-refractivity contribution is 5.98. The Hall–Kier alpha value is -2.10. The molecule has 1 N–H and O–H groups in total. The predicted molar refractivity (Wildman–Crippen MR) is 71.6 cm³/mol. The lowest BCUT2D eigenvalue weighted by molar-refractivity contribution is -0.150. The van der Waals surface area contributed by atoms with E-state index in [0.29, 0.717) is 25.0 Å². The van der Waals surface area contributed by atoms with E-state index in [4.69, 9.17) is 4.74 Å². The Kier molecular flexibility index (Phi) is 4.00. The molecule has 1 aliphatic rings. The van der Waals surface area contributed by atoms with E-state index in [1.54, 1.807) is 31.2 Å². The van der Waals surface area contributed by atoms with Crippen LogP contribution in [0.15, 0.2) is 42.5 Å². The lowest BCUT2D eigenvalue weighted by atomic mass is 9.96. The van der Waals surface area contributed by atoms with Crippen LogP contribution in [0.25, 0.3) is 0 Å². The van der Waals surface area contributed by atoms with Crippen molar-refractivity contribution in [1.29, 1.82) is 0 Å². The summed E-state index contributed by atoms with van der Waals surface area (Å²) in [5.74, 6) is -0.623. The van der Waals surface area contributed by atoms with Gasteiger partial charge >= 0.3 is 5.97 Å². The average molecular weight is 259 g/mol. The third-order valence-electron chi connectivity index (χ3n) is 3.15. The summed E-state index contributed by atoms with van der Waals surface area (Å²) in [6, 6.07) is 8.86. The summed E-state index contributed by atoms with van der Waals surface area (Å²) in [5.41, 5.74) is -0.402. The van der Waals surface area contributed by atoms with Crippen molar-refractivity contribution in [3.63, 3.8) is 0 Å². The molecule has 1 aliphatic carbocycles. The first-order chi connectivity index (χ1) is 9.18. The number of hydrogen-bond acceptors (Lipinski definition) is 3. The van der Waals surface area contributed by atoms with E-state index >= 15 is 0 Å². The monoisotopic (exact) mass is 259 g/mol. The fraction of sp³-hybridized carbons (Fsp3) is 0.333. The summed E-state index contributed by atoms with van der Waals surface area (Å²) >= 11 is 0. The Morgan fingerprint density at radius 2 is 1.84 bits per heavy atom. The van der Waals surface area contributed by atoms with Crippen molar-refractivity contribution in [1.82, 2.24) is 5.32 Å². The van der Waals surface area contributed by atoms with Gasteiger partial charge in [-0.2, -0.15) is 0 Å². The number of carbonyl (C=O) groups excluding carboxylic acids is 2. The van der Waals surface area contributed by atoms with E-state index in [9.17, 15) is 9.59 Å². The number of carbonyl (C=O) groups is 2. The topological polar surface area (TPSA) is 55.4 Å². The molecule has 0 fully saturated rings. The molecule has 0 spiro atoms. The summed E-state index contributed by atoms with van der Waals surface area (Å²) in [6.45, 7) is 2.06. The molecule has 0 radical (unpaired) electrons. The number of nitrogens with one attached hydrogen (secondary N) is 1. The van der Waals surface area contributed by atoms with E-state index in [2.05, 4.69) is 5.32 Å². The second kappa shape index (κ2) is 5.69. The Morgan fingerprint density at radius 1 is 1.21 bits per heavy atom. The fourth-order valence-electron chi connectivity index (χ4n) is 2.12. The van der Waals surface area contributed by atoms with Gasteiger partial charge in [0.05, 0.1) is 6.61 Å². The summed E-state index contributed by atoms with van der Waals surface area (Å²) in [5, 5.41) is 2.82. The molecule has 1 aromatic rings. The molecule has 0 saturated heterocycles. The standard InChI is InChI=1S/C15H17NO3/c1-2-19-14(18)15(10-6-7-11-15)16-13(17)12-8-4-3-5-9-12/h3-9H,2,10-11H2,1H3,(H,16,17). The van der Waals surface area contributed by atoms with Crippen LogP contribution >= 0.6 is 0 Å². The largest absolute Gasteiger partial charge is 0.464 e. The zero-order valence-corrected chi connectivity index (χ0v) is 10.9. The van der Waals surface area contributed by atoms with Crippen LogP contribution in [0.2, 0.25) is 0 Å². The van der Waals surface area contributed by atoms with Gasteiger partial charge in [0.25, 0.3) is 5.91 Å². The van der Waals surface area contributed by atoms with Crippen molar-refractivity contribution in [3.8, 4) is 0 Å². The van der Waals surface area contributed by atoms with E-state index in [1.165, 1.54) is 0 Å². The predicted octanol–water partition coefficient (Wildman–Crippen LogP) is 2.07. The molecule has 0 atom stereocenters. The van der Waals surface area contributed by atoms with Crippen LogP contribution in [-0.2, 0) is 9.53 Å². The number of benzene rings is 1. The summed E-state index contributed by atoms with van der Waals surface area (Å²) in [6.07, 6.45) is 4.74. The number of rotatable bonds is 4. The maximum absolute atomic E-state index is 12.2. The third kappa shape index (κ3) is 2.84. The molecule has 4 nitrogen and oxygen atoms in total. The first-order valence-electron chi connectivity index (χ1n) is 6.38. The van der Waals surface area contributed by atoms with Crippen molar-refractivity contribution >= 4 is 11.9 Å². The average Bonchev–Trinajstić information content (AvgIpc) is 2.90. The second-order valence-corrected chi connectivity index (χ2v) is 4.50. The van der Waals surface area contributed by atoms with Crippen molar-refractivity contribution < 1.29 is 14.3 Å². The lowest BCUT2D eigenvalue weighted by Crippen LogP contribution is -2.53. The van der Waals surface area contributed by atoms with Crippen LogP contribution in [0.1, 0.15) is 30.1 Å². The molecule has 19 heavy (non-hydrogen) atoms. The maximum atomic E-state index is 12.2. The molecule has 1 aromatic carbocycles. The highest BCUT2D eigenvalue weighted by Crippen LogP contribution is 2.25. The molecule has 0 aliphatic heterocycles. The van der Waals surface area contributed by atoms with Gasteiger partial charge in [-0.1, -0.05) is 30.4 Å². The highest BCUT2D eigenvalue weighted by Gasteiger charge is 2.41. The quantitative estimate of drug-likeness (QED) is 0.665. The molecule has 0 aromatic heterocycles. The minimum absolute atomic E-state index is 0.252.